The summed E-state index contributed by atoms with van der Waals surface area (Å²) in [6, 6.07) is 8.03. The first-order valence-electron chi connectivity index (χ1n) is 8.64. The Bertz CT molecular complexity index is 596. The van der Waals surface area contributed by atoms with Crippen LogP contribution in [-0.4, -0.2) is 48.4 Å². The zero-order valence-corrected chi connectivity index (χ0v) is 14.5. The predicted octanol–water partition coefficient (Wildman–Crippen LogP) is 1.74. The van der Waals surface area contributed by atoms with Gasteiger partial charge in [0.05, 0.1) is 13.0 Å². The van der Waals surface area contributed by atoms with Gasteiger partial charge in [-0.1, -0.05) is 29.8 Å². The first-order chi connectivity index (χ1) is 11.6. The van der Waals surface area contributed by atoms with Crippen LogP contribution >= 0.6 is 11.6 Å². The summed E-state index contributed by atoms with van der Waals surface area (Å²) in [6.45, 7) is 2.15. The van der Waals surface area contributed by atoms with Crippen LogP contribution in [0.4, 0.5) is 0 Å². The third-order valence-corrected chi connectivity index (χ3v) is 4.94. The van der Waals surface area contributed by atoms with Crippen LogP contribution in [0.25, 0.3) is 0 Å². The smallest absolute Gasteiger partial charge is 0.234 e. The fourth-order valence-corrected chi connectivity index (χ4v) is 3.24. The highest BCUT2D eigenvalue weighted by atomic mass is 35.5. The number of nitrogens with zero attached hydrogens (tertiary/aromatic N) is 1. The fourth-order valence-electron chi connectivity index (χ4n) is 3.03. The van der Waals surface area contributed by atoms with Crippen molar-refractivity contribution in [3.05, 3.63) is 34.9 Å². The van der Waals surface area contributed by atoms with Crippen molar-refractivity contribution >= 4 is 23.4 Å². The van der Waals surface area contributed by atoms with Gasteiger partial charge in [-0.15, -0.1) is 0 Å². The summed E-state index contributed by atoms with van der Waals surface area (Å²) >= 11 is 6.09. The standard InChI is InChI=1S/C18H24ClN3O2/c19-16-4-2-1-3-13(16)11-17(23)20-15-7-9-22(10-8-15)12-18(24)21-14-5-6-14/h1-4,14-15H,5-12H2,(H,20,23)(H,21,24). The van der Waals surface area contributed by atoms with E-state index >= 15 is 0 Å². The molecule has 1 saturated carbocycles. The van der Waals surface area contributed by atoms with Crippen LogP contribution in [0.3, 0.4) is 0 Å². The molecule has 3 rings (SSSR count). The maximum absolute atomic E-state index is 12.2. The molecule has 2 fully saturated rings. The Morgan fingerprint density at radius 1 is 1.00 bits per heavy atom. The molecule has 0 aromatic heterocycles. The molecule has 0 bridgehead atoms. The van der Waals surface area contributed by atoms with Crippen LogP contribution < -0.4 is 10.6 Å². The van der Waals surface area contributed by atoms with E-state index in [0.717, 1.165) is 44.3 Å². The number of likely N-dealkylation sites (tertiary alicyclic amines) is 1. The third kappa shape index (κ3) is 5.21. The molecular formula is C18H24ClN3O2. The monoisotopic (exact) mass is 349 g/mol. The van der Waals surface area contributed by atoms with Gasteiger partial charge in [-0.3, -0.25) is 14.5 Å². The molecule has 2 N–H and O–H groups in total. The molecule has 0 spiro atoms. The second kappa shape index (κ2) is 7.99. The molecule has 6 heteroatoms. The Balaban J connectivity index is 1.37. The van der Waals surface area contributed by atoms with Crippen LogP contribution in [0.5, 0.6) is 0 Å². The van der Waals surface area contributed by atoms with Crippen molar-refractivity contribution in [2.45, 2.75) is 44.2 Å². The Labute approximate surface area is 147 Å². The molecular weight excluding hydrogens is 326 g/mol. The minimum Gasteiger partial charge on any atom is -0.353 e. The number of carbonyl (C=O) groups excluding carboxylic acids is 2. The van der Waals surface area contributed by atoms with Crippen LogP contribution in [0.1, 0.15) is 31.2 Å². The minimum absolute atomic E-state index is 0.00743. The first-order valence-corrected chi connectivity index (χ1v) is 9.02. The molecule has 0 atom stereocenters. The van der Waals surface area contributed by atoms with Gasteiger partial charge >= 0.3 is 0 Å². The molecule has 1 aliphatic heterocycles. The average Bonchev–Trinajstić information content (AvgIpc) is 3.35. The lowest BCUT2D eigenvalue weighted by Gasteiger charge is -2.31. The van der Waals surface area contributed by atoms with Gasteiger partial charge in [-0.05, 0) is 37.3 Å². The van der Waals surface area contributed by atoms with Crippen LogP contribution in [-0.2, 0) is 16.0 Å². The number of amides is 2. The summed E-state index contributed by atoms with van der Waals surface area (Å²) in [4.78, 5) is 26.2. The van der Waals surface area contributed by atoms with Gasteiger partial charge in [0.1, 0.15) is 0 Å². The lowest BCUT2D eigenvalue weighted by molar-refractivity contribution is -0.124. The maximum atomic E-state index is 12.2. The van der Waals surface area contributed by atoms with Gasteiger partial charge < -0.3 is 10.6 Å². The zero-order chi connectivity index (χ0) is 16.9. The molecule has 1 saturated heterocycles. The average molecular weight is 350 g/mol. The van der Waals surface area contributed by atoms with E-state index in [9.17, 15) is 9.59 Å². The van der Waals surface area contributed by atoms with Crippen LogP contribution in [0.2, 0.25) is 5.02 Å². The van der Waals surface area contributed by atoms with E-state index in [2.05, 4.69) is 15.5 Å². The molecule has 0 radical (unpaired) electrons. The van der Waals surface area contributed by atoms with Crippen molar-refractivity contribution in [1.29, 1.82) is 0 Å². The number of halogens is 1. The number of rotatable bonds is 6. The Hall–Kier alpha value is -1.59. The van der Waals surface area contributed by atoms with Gasteiger partial charge in [0.15, 0.2) is 0 Å². The number of nitrogens with one attached hydrogen (secondary N) is 2. The van der Waals surface area contributed by atoms with Gasteiger partial charge in [0, 0.05) is 30.2 Å². The van der Waals surface area contributed by atoms with Crippen molar-refractivity contribution in [1.82, 2.24) is 15.5 Å². The second-order valence-electron chi connectivity index (χ2n) is 6.73. The molecule has 130 valence electrons. The van der Waals surface area contributed by atoms with E-state index in [1.807, 2.05) is 18.2 Å². The molecule has 24 heavy (non-hydrogen) atoms. The van der Waals surface area contributed by atoms with E-state index in [1.54, 1.807) is 6.07 Å². The highest BCUT2D eigenvalue weighted by Crippen LogP contribution is 2.19. The highest BCUT2D eigenvalue weighted by molar-refractivity contribution is 6.31. The Morgan fingerprint density at radius 2 is 1.62 bits per heavy atom. The van der Waals surface area contributed by atoms with E-state index in [4.69, 9.17) is 11.6 Å². The SMILES string of the molecule is O=C(Cc1ccccc1Cl)NC1CCN(CC(=O)NC2CC2)CC1. The second-order valence-corrected chi connectivity index (χ2v) is 7.14. The zero-order valence-electron chi connectivity index (χ0n) is 13.8. The summed E-state index contributed by atoms with van der Waals surface area (Å²) in [5.41, 5.74) is 0.853. The van der Waals surface area contributed by atoms with Crippen molar-refractivity contribution in [3.8, 4) is 0 Å². The molecule has 2 aliphatic rings. The molecule has 0 unspecified atom stereocenters. The quantitative estimate of drug-likeness (QED) is 0.822. The summed E-state index contributed by atoms with van der Waals surface area (Å²) < 4.78 is 0. The summed E-state index contributed by atoms with van der Waals surface area (Å²) in [7, 11) is 0. The van der Waals surface area contributed by atoms with Gasteiger partial charge in [0.25, 0.3) is 0 Å². The van der Waals surface area contributed by atoms with Gasteiger partial charge in [0.2, 0.25) is 11.8 Å². The Kier molecular flexibility index (Phi) is 5.74. The van der Waals surface area contributed by atoms with Gasteiger partial charge in [-0.25, -0.2) is 0 Å². The molecule has 2 amide bonds. The highest BCUT2D eigenvalue weighted by Gasteiger charge is 2.26. The summed E-state index contributed by atoms with van der Waals surface area (Å²) in [6.07, 6.45) is 4.30. The van der Waals surface area contributed by atoms with Crippen molar-refractivity contribution in [2.24, 2.45) is 0 Å². The van der Waals surface area contributed by atoms with Crippen molar-refractivity contribution in [3.63, 3.8) is 0 Å². The predicted molar refractivity (Wildman–Crippen MR) is 93.9 cm³/mol. The summed E-state index contributed by atoms with van der Waals surface area (Å²) in [5.74, 6) is 0.131. The van der Waals surface area contributed by atoms with E-state index in [1.165, 1.54) is 0 Å². The normalized spacial score (nSPS) is 19.0. The number of hydrogen-bond acceptors (Lipinski definition) is 3. The largest absolute Gasteiger partial charge is 0.353 e. The van der Waals surface area contributed by atoms with Crippen LogP contribution in [0, 0.1) is 0 Å². The number of hydrogen-bond donors (Lipinski definition) is 2. The van der Waals surface area contributed by atoms with Crippen LogP contribution in [0.15, 0.2) is 24.3 Å². The van der Waals surface area contributed by atoms with E-state index < -0.39 is 0 Å². The number of carbonyl (C=O) groups is 2. The molecule has 1 heterocycles. The van der Waals surface area contributed by atoms with Crippen molar-refractivity contribution in [2.75, 3.05) is 19.6 Å². The van der Waals surface area contributed by atoms with Crippen molar-refractivity contribution < 1.29 is 9.59 Å². The molecule has 1 aromatic rings. The fraction of sp³-hybridized carbons (Fsp3) is 0.556. The number of piperidine rings is 1. The van der Waals surface area contributed by atoms with E-state index in [-0.39, 0.29) is 17.9 Å². The topological polar surface area (TPSA) is 61.4 Å². The first kappa shape index (κ1) is 17.2. The van der Waals surface area contributed by atoms with E-state index in [0.29, 0.717) is 24.0 Å². The van der Waals surface area contributed by atoms with Gasteiger partial charge in [-0.2, -0.15) is 0 Å². The Morgan fingerprint density at radius 3 is 2.29 bits per heavy atom. The molecule has 1 aliphatic carbocycles. The third-order valence-electron chi connectivity index (χ3n) is 4.57. The lowest BCUT2D eigenvalue weighted by Crippen LogP contribution is -2.47. The number of benzene rings is 1. The molecule has 1 aromatic carbocycles. The maximum Gasteiger partial charge on any atom is 0.234 e. The molecule has 5 nitrogen and oxygen atoms in total. The minimum atomic E-state index is 0.00743. The summed E-state index contributed by atoms with van der Waals surface area (Å²) in [5, 5.41) is 6.73. The lowest BCUT2D eigenvalue weighted by atomic mass is 10.0.